The first-order valence-corrected chi connectivity index (χ1v) is 7.29. The minimum absolute atomic E-state index is 0.394. The Morgan fingerprint density at radius 2 is 2.06 bits per heavy atom. The lowest BCUT2D eigenvalue weighted by atomic mass is 9.89. The van der Waals surface area contributed by atoms with Gasteiger partial charge < -0.3 is 10.1 Å². The van der Waals surface area contributed by atoms with Gasteiger partial charge in [0.25, 0.3) is 0 Å². The van der Waals surface area contributed by atoms with Gasteiger partial charge in [-0.1, -0.05) is 50.1 Å². The molecule has 0 aliphatic carbocycles. The summed E-state index contributed by atoms with van der Waals surface area (Å²) in [5.74, 6) is 0.515. The molecule has 0 saturated carbocycles. The number of hydrogen-bond acceptors (Lipinski definition) is 2. The molecule has 2 nitrogen and oxygen atoms in total. The van der Waals surface area contributed by atoms with E-state index >= 15 is 0 Å². The Balaban J connectivity index is 1.90. The molecule has 2 heteroatoms. The van der Waals surface area contributed by atoms with Crippen LogP contribution in [0.4, 0.5) is 0 Å². The Kier molecular flexibility index (Phi) is 5.69. The first-order chi connectivity index (χ1) is 8.92. The number of rotatable bonds is 6. The summed E-state index contributed by atoms with van der Waals surface area (Å²) in [5.41, 5.74) is 1.41. The van der Waals surface area contributed by atoms with Gasteiger partial charge in [-0.05, 0) is 24.9 Å². The molecule has 1 heterocycles. The summed E-state index contributed by atoms with van der Waals surface area (Å²) in [4.78, 5) is 0. The standard InChI is InChI=1S/C16H25NO/c1-2-3-7-12-18-16-10-11-17-13-15(16)14-8-5-4-6-9-14/h4-6,8-9,15-17H,2-3,7,10-13H2,1H3. The quantitative estimate of drug-likeness (QED) is 0.778. The van der Waals surface area contributed by atoms with Crippen molar-refractivity contribution in [3.8, 4) is 0 Å². The van der Waals surface area contributed by atoms with Gasteiger partial charge in [0.1, 0.15) is 0 Å². The predicted octanol–water partition coefficient (Wildman–Crippen LogP) is 3.34. The Morgan fingerprint density at radius 3 is 2.83 bits per heavy atom. The van der Waals surface area contributed by atoms with Gasteiger partial charge in [-0.3, -0.25) is 0 Å². The van der Waals surface area contributed by atoms with Crippen molar-refractivity contribution in [2.45, 2.75) is 44.6 Å². The lowest BCUT2D eigenvalue weighted by molar-refractivity contribution is 0.0163. The SMILES string of the molecule is CCCCCOC1CCNCC1c1ccccc1. The van der Waals surface area contributed by atoms with Gasteiger partial charge in [-0.25, -0.2) is 0 Å². The topological polar surface area (TPSA) is 21.3 Å². The molecule has 0 amide bonds. The number of nitrogens with one attached hydrogen (secondary N) is 1. The number of unbranched alkanes of at least 4 members (excludes halogenated alkanes) is 2. The van der Waals surface area contributed by atoms with E-state index in [4.69, 9.17) is 4.74 Å². The van der Waals surface area contributed by atoms with E-state index in [2.05, 4.69) is 42.6 Å². The summed E-state index contributed by atoms with van der Waals surface area (Å²) in [6.07, 6.45) is 5.26. The molecular formula is C16H25NO. The highest BCUT2D eigenvalue weighted by molar-refractivity contribution is 5.22. The monoisotopic (exact) mass is 247 g/mol. The molecule has 100 valence electrons. The van der Waals surface area contributed by atoms with Crippen LogP contribution in [0.3, 0.4) is 0 Å². The summed E-state index contributed by atoms with van der Waals surface area (Å²) in [5, 5.41) is 3.48. The van der Waals surface area contributed by atoms with E-state index in [1.54, 1.807) is 0 Å². The molecule has 0 spiro atoms. The van der Waals surface area contributed by atoms with Crippen molar-refractivity contribution in [3.05, 3.63) is 35.9 Å². The van der Waals surface area contributed by atoms with Crippen molar-refractivity contribution in [2.24, 2.45) is 0 Å². The van der Waals surface area contributed by atoms with Gasteiger partial charge in [-0.15, -0.1) is 0 Å². The first kappa shape index (κ1) is 13.6. The van der Waals surface area contributed by atoms with Crippen LogP contribution in [0.5, 0.6) is 0 Å². The van der Waals surface area contributed by atoms with Crippen LogP contribution in [-0.4, -0.2) is 25.8 Å². The Bertz CT molecular complexity index is 325. The summed E-state index contributed by atoms with van der Waals surface area (Å²) in [7, 11) is 0. The Hall–Kier alpha value is -0.860. The van der Waals surface area contributed by atoms with Gasteiger partial charge >= 0.3 is 0 Å². The Labute approximate surface area is 111 Å². The molecule has 2 unspecified atom stereocenters. The highest BCUT2D eigenvalue weighted by atomic mass is 16.5. The normalized spacial score (nSPS) is 24.1. The van der Waals surface area contributed by atoms with E-state index < -0.39 is 0 Å². The maximum atomic E-state index is 6.11. The van der Waals surface area contributed by atoms with E-state index in [9.17, 15) is 0 Å². The maximum absolute atomic E-state index is 6.11. The molecule has 0 aromatic heterocycles. The number of piperidine rings is 1. The molecule has 1 aromatic rings. The van der Waals surface area contributed by atoms with Crippen LogP contribution in [0.2, 0.25) is 0 Å². The lowest BCUT2D eigenvalue weighted by Gasteiger charge is -2.32. The molecule has 2 atom stereocenters. The van der Waals surface area contributed by atoms with Crippen LogP contribution in [0.25, 0.3) is 0 Å². The van der Waals surface area contributed by atoms with Crippen LogP contribution >= 0.6 is 0 Å². The van der Waals surface area contributed by atoms with Crippen LogP contribution in [0.1, 0.15) is 44.1 Å². The molecule has 1 fully saturated rings. The average Bonchev–Trinajstić information content (AvgIpc) is 2.45. The van der Waals surface area contributed by atoms with Crippen LogP contribution in [-0.2, 0) is 4.74 Å². The van der Waals surface area contributed by atoms with Crippen molar-refractivity contribution in [3.63, 3.8) is 0 Å². The largest absolute Gasteiger partial charge is 0.377 e. The predicted molar refractivity (Wildman–Crippen MR) is 75.9 cm³/mol. The van der Waals surface area contributed by atoms with E-state index in [0.717, 1.165) is 26.1 Å². The van der Waals surface area contributed by atoms with Crippen LogP contribution in [0.15, 0.2) is 30.3 Å². The number of ether oxygens (including phenoxy) is 1. The van der Waals surface area contributed by atoms with Gasteiger partial charge in [0.15, 0.2) is 0 Å². The van der Waals surface area contributed by atoms with Crippen LogP contribution < -0.4 is 5.32 Å². The lowest BCUT2D eigenvalue weighted by Crippen LogP contribution is -2.40. The van der Waals surface area contributed by atoms with E-state index in [1.807, 2.05) is 0 Å². The second kappa shape index (κ2) is 7.55. The zero-order chi connectivity index (χ0) is 12.6. The molecular weight excluding hydrogens is 222 g/mol. The molecule has 0 radical (unpaired) electrons. The van der Waals surface area contributed by atoms with E-state index in [1.165, 1.54) is 24.8 Å². The van der Waals surface area contributed by atoms with Crippen molar-refractivity contribution in [2.75, 3.05) is 19.7 Å². The van der Waals surface area contributed by atoms with Crippen molar-refractivity contribution in [1.82, 2.24) is 5.32 Å². The summed E-state index contributed by atoms with van der Waals surface area (Å²) >= 11 is 0. The van der Waals surface area contributed by atoms with Crippen molar-refractivity contribution >= 4 is 0 Å². The number of benzene rings is 1. The maximum Gasteiger partial charge on any atom is 0.0667 e. The van der Waals surface area contributed by atoms with E-state index in [0.29, 0.717) is 12.0 Å². The third kappa shape index (κ3) is 3.82. The summed E-state index contributed by atoms with van der Waals surface area (Å²) in [6.45, 7) is 5.28. The number of hydrogen-bond donors (Lipinski definition) is 1. The third-order valence-electron chi connectivity index (χ3n) is 3.73. The molecule has 1 aliphatic rings. The van der Waals surface area contributed by atoms with Crippen LogP contribution in [0, 0.1) is 0 Å². The zero-order valence-corrected chi connectivity index (χ0v) is 11.4. The highest BCUT2D eigenvalue weighted by Crippen LogP contribution is 2.26. The molecule has 0 bridgehead atoms. The summed E-state index contributed by atoms with van der Waals surface area (Å²) in [6, 6.07) is 10.8. The Morgan fingerprint density at radius 1 is 1.22 bits per heavy atom. The minimum atomic E-state index is 0.394. The van der Waals surface area contributed by atoms with Crippen molar-refractivity contribution in [1.29, 1.82) is 0 Å². The van der Waals surface area contributed by atoms with Gasteiger partial charge in [0, 0.05) is 19.1 Å². The zero-order valence-electron chi connectivity index (χ0n) is 11.4. The molecule has 1 aliphatic heterocycles. The molecule has 1 saturated heterocycles. The van der Waals surface area contributed by atoms with Gasteiger partial charge in [0.05, 0.1) is 6.10 Å². The first-order valence-electron chi connectivity index (χ1n) is 7.29. The summed E-state index contributed by atoms with van der Waals surface area (Å²) < 4.78 is 6.11. The van der Waals surface area contributed by atoms with Gasteiger partial charge in [0.2, 0.25) is 0 Å². The third-order valence-corrected chi connectivity index (χ3v) is 3.73. The van der Waals surface area contributed by atoms with Gasteiger partial charge in [-0.2, -0.15) is 0 Å². The molecule has 1 N–H and O–H groups in total. The molecule has 1 aromatic carbocycles. The average molecular weight is 247 g/mol. The smallest absolute Gasteiger partial charge is 0.0667 e. The fourth-order valence-corrected chi connectivity index (χ4v) is 2.65. The fourth-order valence-electron chi connectivity index (χ4n) is 2.65. The van der Waals surface area contributed by atoms with E-state index in [-0.39, 0.29) is 0 Å². The van der Waals surface area contributed by atoms with Crippen molar-refractivity contribution < 1.29 is 4.74 Å². The second-order valence-corrected chi connectivity index (χ2v) is 5.13. The fraction of sp³-hybridized carbons (Fsp3) is 0.625. The second-order valence-electron chi connectivity index (χ2n) is 5.13. The highest BCUT2D eigenvalue weighted by Gasteiger charge is 2.26. The molecule has 18 heavy (non-hydrogen) atoms. The minimum Gasteiger partial charge on any atom is -0.377 e. The molecule has 2 rings (SSSR count).